The standard InChI is InChI=1S/C22H29N3O2.2ClH/c23-21(19-9-5-2-6-10-19)16-22(26)24-20(15-18-7-3-1-4-8-18)17-25-11-13-27-14-12-25;;/h1-10,20-21H,11-17,23H2,(H,24,26);2*1H. The molecule has 2 unspecified atom stereocenters. The number of carbonyl (C=O) groups is 1. The lowest BCUT2D eigenvalue weighted by molar-refractivity contribution is -0.122. The van der Waals surface area contributed by atoms with Gasteiger partial charge >= 0.3 is 0 Å². The molecule has 3 N–H and O–H groups in total. The van der Waals surface area contributed by atoms with E-state index in [1.54, 1.807) is 0 Å². The molecule has 29 heavy (non-hydrogen) atoms. The Kier molecular flexibility index (Phi) is 11.9. The maximum Gasteiger partial charge on any atom is 0.222 e. The van der Waals surface area contributed by atoms with Crippen LogP contribution in [0.5, 0.6) is 0 Å². The van der Waals surface area contributed by atoms with E-state index in [0.29, 0.717) is 6.42 Å². The summed E-state index contributed by atoms with van der Waals surface area (Å²) < 4.78 is 5.44. The second-order valence-electron chi connectivity index (χ2n) is 7.09. The molecule has 7 heteroatoms. The lowest BCUT2D eigenvalue weighted by Gasteiger charge is -2.31. The minimum atomic E-state index is -0.285. The first kappa shape index (κ1) is 25.4. The highest BCUT2D eigenvalue weighted by Gasteiger charge is 2.20. The van der Waals surface area contributed by atoms with E-state index in [0.717, 1.165) is 44.8 Å². The molecule has 0 radical (unpaired) electrons. The number of amides is 1. The molecular formula is C22H31Cl2N3O2. The van der Waals surface area contributed by atoms with Crippen LogP contribution in [-0.2, 0) is 16.0 Å². The summed E-state index contributed by atoms with van der Waals surface area (Å²) in [6.07, 6.45) is 1.10. The van der Waals surface area contributed by atoms with Crippen LogP contribution in [-0.4, -0.2) is 49.7 Å². The summed E-state index contributed by atoms with van der Waals surface area (Å²) in [5, 5.41) is 3.21. The number of rotatable bonds is 8. The van der Waals surface area contributed by atoms with E-state index in [2.05, 4.69) is 22.3 Å². The Hall–Kier alpha value is -1.63. The van der Waals surface area contributed by atoms with E-state index in [1.165, 1.54) is 5.56 Å². The Morgan fingerprint density at radius 3 is 2.21 bits per heavy atom. The lowest BCUT2D eigenvalue weighted by Crippen LogP contribution is -2.48. The highest BCUT2D eigenvalue weighted by Crippen LogP contribution is 2.14. The van der Waals surface area contributed by atoms with Gasteiger partial charge in [0.05, 0.1) is 13.2 Å². The van der Waals surface area contributed by atoms with Gasteiger partial charge in [0.25, 0.3) is 0 Å². The molecule has 5 nitrogen and oxygen atoms in total. The van der Waals surface area contributed by atoms with Gasteiger partial charge in [-0.2, -0.15) is 0 Å². The summed E-state index contributed by atoms with van der Waals surface area (Å²) >= 11 is 0. The van der Waals surface area contributed by atoms with Gasteiger partial charge in [0.15, 0.2) is 0 Å². The second kappa shape index (κ2) is 13.6. The number of nitrogens with two attached hydrogens (primary N) is 1. The van der Waals surface area contributed by atoms with Crippen LogP contribution in [0, 0.1) is 0 Å². The van der Waals surface area contributed by atoms with Crippen LogP contribution in [0.1, 0.15) is 23.6 Å². The first-order chi connectivity index (χ1) is 13.2. The molecule has 2 atom stereocenters. The van der Waals surface area contributed by atoms with Crippen LogP contribution in [0.2, 0.25) is 0 Å². The molecule has 1 aliphatic rings. The zero-order valence-corrected chi connectivity index (χ0v) is 18.2. The van der Waals surface area contributed by atoms with Crippen molar-refractivity contribution in [2.45, 2.75) is 24.9 Å². The Morgan fingerprint density at radius 1 is 1.00 bits per heavy atom. The smallest absolute Gasteiger partial charge is 0.222 e. The van der Waals surface area contributed by atoms with E-state index in [4.69, 9.17) is 10.5 Å². The molecule has 1 saturated heterocycles. The maximum atomic E-state index is 12.6. The predicted molar refractivity (Wildman–Crippen MR) is 122 cm³/mol. The Labute approximate surface area is 185 Å². The minimum absolute atomic E-state index is 0. The third kappa shape index (κ3) is 8.72. The molecule has 1 heterocycles. The van der Waals surface area contributed by atoms with E-state index in [1.807, 2.05) is 48.5 Å². The van der Waals surface area contributed by atoms with Crippen molar-refractivity contribution >= 4 is 30.7 Å². The summed E-state index contributed by atoms with van der Waals surface area (Å²) in [5.74, 6) is 0.000503. The number of nitrogens with zero attached hydrogens (tertiary/aromatic N) is 1. The number of carbonyl (C=O) groups excluding carboxylic acids is 1. The number of halogens is 2. The number of benzene rings is 2. The quantitative estimate of drug-likeness (QED) is 0.663. The molecule has 2 aromatic carbocycles. The molecule has 0 spiro atoms. The Bertz CT molecular complexity index is 698. The van der Waals surface area contributed by atoms with Crippen LogP contribution in [0.25, 0.3) is 0 Å². The fraction of sp³-hybridized carbons (Fsp3) is 0.409. The van der Waals surface area contributed by atoms with Gasteiger partial charge in [0, 0.05) is 38.1 Å². The van der Waals surface area contributed by atoms with Gasteiger partial charge in [-0.05, 0) is 17.5 Å². The van der Waals surface area contributed by atoms with Crippen molar-refractivity contribution in [2.75, 3.05) is 32.8 Å². The van der Waals surface area contributed by atoms with Gasteiger partial charge in [-0.3, -0.25) is 9.69 Å². The third-order valence-electron chi connectivity index (χ3n) is 4.91. The largest absolute Gasteiger partial charge is 0.379 e. The monoisotopic (exact) mass is 439 g/mol. The number of hydrogen-bond acceptors (Lipinski definition) is 4. The molecular weight excluding hydrogens is 409 g/mol. The van der Waals surface area contributed by atoms with Gasteiger partial charge in [0.2, 0.25) is 5.91 Å². The highest BCUT2D eigenvalue weighted by atomic mass is 35.5. The summed E-state index contributed by atoms with van der Waals surface area (Å²) in [4.78, 5) is 15.0. The van der Waals surface area contributed by atoms with Crippen molar-refractivity contribution in [3.05, 3.63) is 71.8 Å². The SMILES string of the molecule is Cl.Cl.NC(CC(=O)NC(Cc1ccccc1)CN1CCOCC1)c1ccccc1. The van der Waals surface area contributed by atoms with Crippen LogP contribution in [0.15, 0.2) is 60.7 Å². The Morgan fingerprint density at radius 2 is 1.59 bits per heavy atom. The molecule has 0 aliphatic carbocycles. The van der Waals surface area contributed by atoms with Gasteiger partial charge < -0.3 is 15.8 Å². The van der Waals surface area contributed by atoms with E-state index in [-0.39, 0.29) is 42.8 Å². The normalized spacial score (nSPS) is 16.0. The third-order valence-corrected chi connectivity index (χ3v) is 4.91. The van der Waals surface area contributed by atoms with Crippen LogP contribution >= 0.6 is 24.8 Å². The number of nitrogens with one attached hydrogen (secondary N) is 1. The topological polar surface area (TPSA) is 67.6 Å². The van der Waals surface area contributed by atoms with Crippen molar-refractivity contribution in [2.24, 2.45) is 5.73 Å². The molecule has 1 aliphatic heterocycles. The summed E-state index contributed by atoms with van der Waals surface area (Å²) in [7, 11) is 0. The first-order valence-electron chi connectivity index (χ1n) is 9.64. The summed E-state index contributed by atoms with van der Waals surface area (Å²) in [6.45, 7) is 4.15. The lowest BCUT2D eigenvalue weighted by atomic mass is 10.0. The zero-order valence-electron chi connectivity index (χ0n) is 16.5. The molecule has 160 valence electrons. The predicted octanol–water partition coefficient (Wildman–Crippen LogP) is 2.98. The van der Waals surface area contributed by atoms with E-state index < -0.39 is 0 Å². The van der Waals surface area contributed by atoms with E-state index in [9.17, 15) is 4.79 Å². The molecule has 0 bridgehead atoms. The van der Waals surface area contributed by atoms with Gasteiger partial charge in [-0.1, -0.05) is 60.7 Å². The van der Waals surface area contributed by atoms with Gasteiger partial charge in [0.1, 0.15) is 0 Å². The van der Waals surface area contributed by atoms with Crippen LogP contribution < -0.4 is 11.1 Å². The number of morpholine rings is 1. The molecule has 0 saturated carbocycles. The molecule has 0 aromatic heterocycles. The van der Waals surface area contributed by atoms with Crippen molar-refractivity contribution in [1.82, 2.24) is 10.2 Å². The maximum absolute atomic E-state index is 12.6. The highest BCUT2D eigenvalue weighted by molar-refractivity contribution is 5.85. The first-order valence-corrected chi connectivity index (χ1v) is 9.64. The van der Waals surface area contributed by atoms with Gasteiger partial charge in [-0.25, -0.2) is 0 Å². The van der Waals surface area contributed by atoms with Crippen molar-refractivity contribution in [3.8, 4) is 0 Å². The fourth-order valence-electron chi connectivity index (χ4n) is 3.46. The molecule has 1 fully saturated rings. The van der Waals surface area contributed by atoms with Crippen LogP contribution in [0.4, 0.5) is 0 Å². The van der Waals surface area contributed by atoms with Crippen molar-refractivity contribution < 1.29 is 9.53 Å². The zero-order chi connectivity index (χ0) is 18.9. The fourth-order valence-corrected chi connectivity index (χ4v) is 3.46. The van der Waals surface area contributed by atoms with Gasteiger partial charge in [-0.15, -0.1) is 24.8 Å². The average Bonchev–Trinajstić information content (AvgIpc) is 2.70. The molecule has 2 aromatic rings. The summed E-state index contributed by atoms with van der Waals surface area (Å²) in [5.41, 5.74) is 8.43. The average molecular weight is 440 g/mol. The minimum Gasteiger partial charge on any atom is -0.379 e. The molecule has 1 amide bonds. The van der Waals surface area contributed by atoms with Crippen LogP contribution in [0.3, 0.4) is 0 Å². The summed E-state index contributed by atoms with van der Waals surface area (Å²) in [6, 6.07) is 19.8. The number of ether oxygens (including phenoxy) is 1. The van der Waals surface area contributed by atoms with Crippen molar-refractivity contribution in [3.63, 3.8) is 0 Å². The second-order valence-corrected chi connectivity index (χ2v) is 7.09. The Balaban J connectivity index is 0.00000210. The number of hydrogen-bond donors (Lipinski definition) is 2. The van der Waals surface area contributed by atoms with E-state index >= 15 is 0 Å². The molecule has 3 rings (SSSR count). The van der Waals surface area contributed by atoms with Crippen molar-refractivity contribution in [1.29, 1.82) is 0 Å².